The van der Waals surface area contributed by atoms with Gasteiger partial charge in [0.05, 0.1) is 31.0 Å². The van der Waals surface area contributed by atoms with Gasteiger partial charge in [0.15, 0.2) is 0 Å². The largest absolute Gasteiger partial charge is 0.492 e. The molecule has 2 aromatic carbocycles. The molecule has 0 atom stereocenters. The van der Waals surface area contributed by atoms with E-state index < -0.39 is 0 Å². The first-order chi connectivity index (χ1) is 14.6. The van der Waals surface area contributed by atoms with E-state index in [9.17, 15) is 4.79 Å². The number of para-hydroxylation sites is 2. The van der Waals surface area contributed by atoms with Gasteiger partial charge in [-0.2, -0.15) is 0 Å². The lowest BCUT2D eigenvalue weighted by Crippen LogP contribution is -2.36. The summed E-state index contributed by atoms with van der Waals surface area (Å²) in [7, 11) is 0. The molecule has 1 aliphatic rings. The summed E-state index contributed by atoms with van der Waals surface area (Å²) in [4.78, 5) is 19.6. The van der Waals surface area contributed by atoms with Crippen LogP contribution in [0.25, 0.3) is 10.9 Å². The highest BCUT2D eigenvalue weighted by Crippen LogP contribution is 2.27. The normalized spacial score (nSPS) is 13.9. The number of benzene rings is 2. The topological polar surface area (TPSA) is 75.7 Å². The van der Waals surface area contributed by atoms with E-state index in [-0.39, 0.29) is 6.03 Å². The molecule has 2 heterocycles. The molecule has 0 unspecified atom stereocenters. The Bertz CT molecular complexity index is 1050. The van der Waals surface area contributed by atoms with Crippen molar-refractivity contribution in [1.82, 2.24) is 4.98 Å². The Balaban J connectivity index is 1.51. The monoisotopic (exact) mass is 406 g/mol. The van der Waals surface area contributed by atoms with Crippen LogP contribution in [0.5, 0.6) is 5.75 Å². The number of ether oxygens (including phenoxy) is 2. The van der Waals surface area contributed by atoms with Gasteiger partial charge in [-0.3, -0.25) is 0 Å². The Hall–Kier alpha value is -3.32. The molecule has 0 radical (unpaired) electrons. The number of carbonyl (C=O) groups is 1. The Morgan fingerprint density at radius 3 is 2.73 bits per heavy atom. The summed E-state index contributed by atoms with van der Waals surface area (Å²) in [6, 6.07) is 14.9. The molecule has 1 aliphatic heterocycles. The van der Waals surface area contributed by atoms with Crippen molar-refractivity contribution < 1.29 is 14.3 Å². The predicted octanol–water partition coefficient (Wildman–Crippen LogP) is 4.42. The Kier molecular flexibility index (Phi) is 5.99. The smallest absolute Gasteiger partial charge is 0.323 e. The number of aromatic nitrogens is 1. The number of hydrogen-bond donors (Lipinski definition) is 2. The molecule has 2 N–H and O–H groups in total. The van der Waals surface area contributed by atoms with Crippen molar-refractivity contribution in [3.05, 3.63) is 54.1 Å². The molecule has 30 heavy (non-hydrogen) atoms. The number of fused-ring (bicyclic) bond motifs is 1. The lowest BCUT2D eigenvalue weighted by molar-refractivity contribution is 0.122. The van der Waals surface area contributed by atoms with E-state index in [4.69, 9.17) is 14.5 Å². The van der Waals surface area contributed by atoms with Crippen LogP contribution in [-0.2, 0) is 4.74 Å². The third-order valence-electron chi connectivity index (χ3n) is 5.03. The molecule has 3 aromatic rings. The molecule has 1 aromatic heterocycles. The summed E-state index contributed by atoms with van der Waals surface area (Å²) >= 11 is 0. The van der Waals surface area contributed by atoms with Crippen molar-refractivity contribution in [2.75, 3.05) is 48.4 Å². The number of morpholine rings is 1. The number of nitrogens with one attached hydrogen (secondary N) is 2. The second-order valence-electron chi connectivity index (χ2n) is 7.14. The van der Waals surface area contributed by atoms with E-state index in [1.165, 1.54) is 0 Å². The average molecular weight is 406 g/mol. The van der Waals surface area contributed by atoms with E-state index in [1.807, 2.05) is 49.4 Å². The fraction of sp³-hybridized carbons (Fsp3) is 0.304. The predicted molar refractivity (Wildman–Crippen MR) is 120 cm³/mol. The van der Waals surface area contributed by atoms with Gasteiger partial charge in [-0.15, -0.1) is 0 Å². The van der Waals surface area contributed by atoms with Crippen LogP contribution in [0.4, 0.5) is 22.0 Å². The van der Waals surface area contributed by atoms with Crippen LogP contribution in [0.15, 0.2) is 48.5 Å². The number of anilines is 3. The quantitative estimate of drug-likeness (QED) is 0.656. The molecule has 1 saturated heterocycles. The van der Waals surface area contributed by atoms with E-state index >= 15 is 0 Å². The Morgan fingerprint density at radius 1 is 1.13 bits per heavy atom. The molecular formula is C23H26N4O3. The SMILES string of the molecule is CCOc1ccccc1NC(=O)Nc1ccc2nc(N3CCOCC3)cc(C)c2c1. The number of nitrogens with zero attached hydrogens (tertiary/aromatic N) is 2. The summed E-state index contributed by atoms with van der Waals surface area (Å²) in [5.74, 6) is 1.61. The van der Waals surface area contributed by atoms with E-state index in [1.54, 1.807) is 0 Å². The zero-order valence-corrected chi connectivity index (χ0v) is 17.3. The van der Waals surface area contributed by atoms with Crippen LogP contribution in [-0.4, -0.2) is 43.9 Å². The first-order valence-electron chi connectivity index (χ1n) is 10.2. The lowest BCUT2D eigenvalue weighted by Gasteiger charge is -2.28. The van der Waals surface area contributed by atoms with Crippen LogP contribution in [0.2, 0.25) is 0 Å². The average Bonchev–Trinajstić information content (AvgIpc) is 2.76. The van der Waals surface area contributed by atoms with Crippen molar-refractivity contribution in [1.29, 1.82) is 0 Å². The molecule has 7 heteroatoms. The third kappa shape index (κ3) is 4.46. The minimum Gasteiger partial charge on any atom is -0.492 e. The molecule has 7 nitrogen and oxygen atoms in total. The van der Waals surface area contributed by atoms with Gasteiger partial charge < -0.3 is 25.0 Å². The summed E-state index contributed by atoms with van der Waals surface area (Å²) < 4.78 is 11.0. The molecule has 1 fully saturated rings. The zero-order valence-electron chi connectivity index (χ0n) is 17.3. The van der Waals surface area contributed by atoms with Gasteiger partial charge in [0.25, 0.3) is 0 Å². The van der Waals surface area contributed by atoms with E-state index in [0.717, 1.165) is 48.6 Å². The van der Waals surface area contributed by atoms with Crippen LogP contribution >= 0.6 is 0 Å². The lowest BCUT2D eigenvalue weighted by atomic mass is 10.1. The van der Waals surface area contributed by atoms with Gasteiger partial charge in [-0.25, -0.2) is 9.78 Å². The van der Waals surface area contributed by atoms with Crippen LogP contribution < -0.4 is 20.3 Å². The standard InChI is InChI=1S/C23H26N4O3/c1-3-30-21-7-5-4-6-20(21)26-23(28)24-17-8-9-19-18(15-17)16(2)14-22(25-19)27-10-12-29-13-11-27/h4-9,14-15H,3,10-13H2,1-2H3,(H2,24,26,28). The van der Waals surface area contributed by atoms with Crippen molar-refractivity contribution >= 4 is 34.1 Å². The van der Waals surface area contributed by atoms with Gasteiger partial charge in [0.1, 0.15) is 11.6 Å². The molecule has 0 spiro atoms. The molecule has 156 valence electrons. The fourth-order valence-corrected chi connectivity index (χ4v) is 3.54. The highest BCUT2D eigenvalue weighted by molar-refractivity contribution is 6.02. The number of rotatable bonds is 5. The summed E-state index contributed by atoms with van der Waals surface area (Å²) in [6.07, 6.45) is 0. The molecule has 0 bridgehead atoms. The number of pyridine rings is 1. The fourth-order valence-electron chi connectivity index (χ4n) is 3.54. The van der Waals surface area contributed by atoms with Crippen molar-refractivity contribution in [2.45, 2.75) is 13.8 Å². The second-order valence-corrected chi connectivity index (χ2v) is 7.14. The van der Waals surface area contributed by atoms with E-state index in [0.29, 0.717) is 23.7 Å². The Morgan fingerprint density at radius 2 is 1.93 bits per heavy atom. The van der Waals surface area contributed by atoms with Crippen molar-refractivity contribution in [3.8, 4) is 5.75 Å². The van der Waals surface area contributed by atoms with Crippen LogP contribution in [0.3, 0.4) is 0 Å². The van der Waals surface area contributed by atoms with Gasteiger partial charge in [0, 0.05) is 24.2 Å². The second kappa shape index (κ2) is 9.00. The molecular weight excluding hydrogens is 380 g/mol. The Labute approximate surface area is 176 Å². The molecule has 4 rings (SSSR count). The minimum absolute atomic E-state index is 0.322. The van der Waals surface area contributed by atoms with Crippen LogP contribution in [0, 0.1) is 6.92 Å². The van der Waals surface area contributed by atoms with Gasteiger partial charge in [-0.05, 0) is 55.8 Å². The zero-order chi connectivity index (χ0) is 20.9. The van der Waals surface area contributed by atoms with Gasteiger partial charge in [-0.1, -0.05) is 12.1 Å². The third-order valence-corrected chi connectivity index (χ3v) is 5.03. The van der Waals surface area contributed by atoms with Crippen molar-refractivity contribution in [2.24, 2.45) is 0 Å². The van der Waals surface area contributed by atoms with Gasteiger partial charge in [0.2, 0.25) is 0 Å². The van der Waals surface area contributed by atoms with Crippen molar-refractivity contribution in [3.63, 3.8) is 0 Å². The van der Waals surface area contributed by atoms with Crippen LogP contribution in [0.1, 0.15) is 12.5 Å². The number of hydrogen-bond acceptors (Lipinski definition) is 5. The molecule has 0 aliphatic carbocycles. The summed E-state index contributed by atoms with van der Waals surface area (Å²) in [5.41, 5.74) is 3.36. The highest BCUT2D eigenvalue weighted by atomic mass is 16.5. The number of amides is 2. The van der Waals surface area contributed by atoms with E-state index in [2.05, 4.69) is 28.5 Å². The molecule has 0 saturated carbocycles. The minimum atomic E-state index is -0.322. The summed E-state index contributed by atoms with van der Waals surface area (Å²) in [6.45, 7) is 7.65. The summed E-state index contributed by atoms with van der Waals surface area (Å²) in [5, 5.41) is 6.76. The maximum Gasteiger partial charge on any atom is 0.323 e. The number of aryl methyl sites for hydroxylation is 1. The molecule has 2 amide bonds. The van der Waals surface area contributed by atoms with Gasteiger partial charge >= 0.3 is 6.03 Å². The maximum atomic E-state index is 12.5. The number of urea groups is 1. The first-order valence-corrected chi connectivity index (χ1v) is 10.2. The maximum absolute atomic E-state index is 12.5. The highest BCUT2D eigenvalue weighted by Gasteiger charge is 2.14. The first kappa shape index (κ1) is 20.0. The number of carbonyl (C=O) groups excluding carboxylic acids is 1.